The largest absolute Gasteiger partial charge is 0.487 e. The van der Waals surface area contributed by atoms with Crippen LogP contribution in [-0.2, 0) is 9.53 Å². The third kappa shape index (κ3) is 7.14. The Bertz CT molecular complexity index is 1430. The molecule has 0 unspecified atom stereocenters. The van der Waals surface area contributed by atoms with Crippen molar-refractivity contribution < 1.29 is 33.0 Å². The lowest BCUT2D eigenvalue weighted by molar-refractivity contribution is -0.151. The van der Waals surface area contributed by atoms with Crippen LogP contribution in [0.5, 0.6) is 5.75 Å². The van der Waals surface area contributed by atoms with E-state index in [2.05, 4.69) is 0 Å². The summed E-state index contributed by atoms with van der Waals surface area (Å²) in [6.07, 6.45) is 8.40. The molecule has 3 aromatic carbocycles. The number of carboxylic acid groups (broad SMARTS) is 1. The van der Waals surface area contributed by atoms with E-state index in [4.69, 9.17) is 9.47 Å². The number of benzene rings is 3. The molecule has 0 amide bonds. The fraction of sp³-hybridized carbons (Fsp3) is 0.314. The number of esters is 1. The zero-order valence-electron chi connectivity index (χ0n) is 23.2. The summed E-state index contributed by atoms with van der Waals surface area (Å²) in [5.74, 6) is -5.60. The highest BCUT2D eigenvalue weighted by Gasteiger charge is 2.45. The molecule has 1 heterocycles. The lowest BCUT2D eigenvalue weighted by Crippen LogP contribution is -2.26. The molecule has 4 atom stereocenters. The van der Waals surface area contributed by atoms with Crippen LogP contribution in [0.3, 0.4) is 0 Å². The average molecular weight is 573 g/mol. The molecular weight excluding hydrogens is 538 g/mol. The molecule has 42 heavy (non-hydrogen) atoms. The number of hydrogen-bond donors (Lipinski definition) is 1. The Hall–Kier alpha value is -4.26. The van der Waals surface area contributed by atoms with Crippen molar-refractivity contribution in [3.63, 3.8) is 0 Å². The van der Waals surface area contributed by atoms with Crippen LogP contribution in [0, 0.1) is 11.8 Å². The highest BCUT2D eigenvalue weighted by molar-refractivity contribution is 5.90. The number of halogens is 2. The molecule has 1 N–H and O–H groups in total. The summed E-state index contributed by atoms with van der Waals surface area (Å²) < 4.78 is 41.5. The summed E-state index contributed by atoms with van der Waals surface area (Å²) in [6.45, 7) is -0.836. The van der Waals surface area contributed by atoms with Crippen molar-refractivity contribution in [2.75, 3.05) is 6.61 Å². The summed E-state index contributed by atoms with van der Waals surface area (Å²) in [5, 5.41) is 10.1. The molecule has 1 aliphatic heterocycles. The highest BCUT2D eigenvalue weighted by atomic mass is 19.3. The minimum atomic E-state index is -3.28. The Morgan fingerprint density at radius 1 is 1.00 bits per heavy atom. The predicted octanol–water partition coefficient (Wildman–Crippen LogP) is 8.08. The third-order valence-electron chi connectivity index (χ3n) is 8.06. The normalized spacial score (nSPS) is 23.6. The van der Waals surface area contributed by atoms with Crippen molar-refractivity contribution >= 4 is 11.9 Å². The molecule has 3 aromatic rings. The predicted molar refractivity (Wildman–Crippen MR) is 157 cm³/mol. The molecule has 1 saturated carbocycles. The first kappa shape index (κ1) is 29.2. The number of hydrogen-bond acceptors (Lipinski definition) is 4. The molecule has 5 rings (SSSR count). The van der Waals surface area contributed by atoms with E-state index in [0.29, 0.717) is 30.6 Å². The number of carbonyl (C=O) groups excluding carboxylic acids is 1. The molecule has 0 saturated heterocycles. The van der Waals surface area contributed by atoms with Crippen LogP contribution >= 0.6 is 0 Å². The van der Waals surface area contributed by atoms with Crippen molar-refractivity contribution in [3.05, 3.63) is 114 Å². The van der Waals surface area contributed by atoms with Crippen LogP contribution in [-0.4, -0.2) is 35.7 Å². The fourth-order valence-corrected chi connectivity index (χ4v) is 6.02. The lowest BCUT2D eigenvalue weighted by Gasteiger charge is -2.25. The second-order valence-electron chi connectivity index (χ2n) is 10.9. The maximum Gasteiger partial charge on any atom is 0.335 e. The van der Waals surface area contributed by atoms with Gasteiger partial charge in [0.2, 0.25) is 0 Å². The van der Waals surface area contributed by atoms with Crippen LogP contribution in [0.15, 0.2) is 103 Å². The van der Waals surface area contributed by atoms with Crippen molar-refractivity contribution in [2.45, 2.75) is 50.0 Å². The topological polar surface area (TPSA) is 72.8 Å². The Labute approximate surface area is 244 Å². The van der Waals surface area contributed by atoms with E-state index in [1.807, 2.05) is 48.6 Å². The van der Waals surface area contributed by atoms with Crippen molar-refractivity contribution in [2.24, 2.45) is 11.8 Å². The first-order chi connectivity index (χ1) is 20.3. The van der Waals surface area contributed by atoms with Gasteiger partial charge in [-0.2, -0.15) is 8.78 Å². The minimum Gasteiger partial charge on any atom is -0.487 e. The molecular formula is C35H34F2O5. The van der Waals surface area contributed by atoms with Gasteiger partial charge in [-0.1, -0.05) is 72.8 Å². The minimum absolute atomic E-state index is 0.114. The Balaban J connectivity index is 1.53. The molecule has 0 radical (unpaired) electrons. The van der Waals surface area contributed by atoms with Gasteiger partial charge < -0.3 is 14.6 Å². The number of alkyl halides is 2. The van der Waals surface area contributed by atoms with Crippen molar-refractivity contribution in [3.8, 4) is 16.9 Å². The van der Waals surface area contributed by atoms with Gasteiger partial charge in [0.1, 0.15) is 11.9 Å². The van der Waals surface area contributed by atoms with E-state index in [-0.39, 0.29) is 23.9 Å². The van der Waals surface area contributed by atoms with Crippen LogP contribution in [0.1, 0.15) is 53.9 Å². The number of aromatic carboxylic acids is 1. The van der Waals surface area contributed by atoms with Crippen LogP contribution < -0.4 is 4.74 Å². The van der Waals surface area contributed by atoms with Gasteiger partial charge in [-0.25, -0.2) is 4.79 Å². The summed E-state index contributed by atoms with van der Waals surface area (Å²) >= 11 is 0. The van der Waals surface area contributed by atoms with E-state index in [1.165, 1.54) is 6.08 Å². The number of ether oxygens (including phenoxy) is 2. The van der Waals surface area contributed by atoms with E-state index in [0.717, 1.165) is 23.6 Å². The Kier molecular flexibility index (Phi) is 9.15. The number of allylic oxidation sites excluding steroid dienone is 3. The average Bonchev–Trinajstić information content (AvgIpc) is 3.34. The smallest absolute Gasteiger partial charge is 0.335 e. The van der Waals surface area contributed by atoms with Gasteiger partial charge in [-0.05, 0) is 84.6 Å². The summed E-state index contributed by atoms with van der Waals surface area (Å²) in [6, 6.07) is 23.2. The maximum absolute atomic E-state index is 15.1. The monoisotopic (exact) mass is 572 g/mol. The molecule has 1 fully saturated rings. The van der Waals surface area contributed by atoms with Gasteiger partial charge in [-0.3, -0.25) is 4.79 Å². The second kappa shape index (κ2) is 13.1. The molecule has 1 aliphatic carbocycles. The van der Waals surface area contributed by atoms with E-state index in [9.17, 15) is 14.7 Å². The van der Waals surface area contributed by atoms with Crippen LogP contribution in [0.25, 0.3) is 11.1 Å². The van der Waals surface area contributed by atoms with E-state index >= 15 is 8.78 Å². The molecule has 0 spiro atoms. The fourth-order valence-electron chi connectivity index (χ4n) is 6.02. The van der Waals surface area contributed by atoms with Crippen LogP contribution in [0.4, 0.5) is 8.78 Å². The Morgan fingerprint density at radius 2 is 1.74 bits per heavy atom. The standard InChI is InChI=1S/C35H34F2O5/c36-35(37,23-41-26-13-7-4-8-14-26)20-19-27-28-15-9-1-2-10-16-33(38)42-32(28)22-31(27)30-21-25(17-18-29(30)34(39)40)24-11-5-3-6-12-24/h1,3-9,11-14,17-21,27-28,31-32H,2,10,15-16,22-23H2,(H,39,40)/b9-1-,20-19+/t27-,28+,31+,32-/m0/s1. The van der Waals surface area contributed by atoms with Gasteiger partial charge in [0, 0.05) is 12.3 Å². The van der Waals surface area contributed by atoms with Gasteiger partial charge in [-0.15, -0.1) is 0 Å². The quantitative estimate of drug-likeness (QED) is 0.218. The summed E-state index contributed by atoms with van der Waals surface area (Å²) in [5.41, 5.74) is 2.40. The maximum atomic E-state index is 15.1. The molecule has 5 nitrogen and oxygen atoms in total. The summed E-state index contributed by atoms with van der Waals surface area (Å²) in [4.78, 5) is 25.0. The number of carbonyl (C=O) groups is 2. The molecule has 0 bridgehead atoms. The highest BCUT2D eigenvalue weighted by Crippen LogP contribution is 2.49. The van der Waals surface area contributed by atoms with Gasteiger partial charge in [0.15, 0.2) is 6.61 Å². The van der Waals surface area contributed by atoms with Gasteiger partial charge in [0.25, 0.3) is 5.92 Å². The van der Waals surface area contributed by atoms with Gasteiger partial charge in [0.05, 0.1) is 5.56 Å². The third-order valence-corrected chi connectivity index (χ3v) is 8.06. The molecule has 7 heteroatoms. The summed E-state index contributed by atoms with van der Waals surface area (Å²) in [7, 11) is 0. The number of rotatable bonds is 8. The zero-order valence-corrected chi connectivity index (χ0v) is 23.2. The SMILES string of the molecule is O=C1CCC/C=C\C[C@@H]2[C@H](/C=C/C(F)(F)COc3ccccc3)[C@H](c3cc(-c4ccccc4)ccc3C(=O)O)C[C@@H]2O1. The molecule has 0 aromatic heterocycles. The van der Waals surface area contributed by atoms with Crippen LogP contribution in [0.2, 0.25) is 0 Å². The van der Waals surface area contributed by atoms with Crippen molar-refractivity contribution in [1.82, 2.24) is 0 Å². The number of fused-ring (bicyclic) bond motifs is 1. The lowest BCUT2D eigenvalue weighted by atomic mass is 9.80. The first-order valence-electron chi connectivity index (χ1n) is 14.3. The van der Waals surface area contributed by atoms with E-state index in [1.54, 1.807) is 42.5 Å². The van der Waals surface area contributed by atoms with E-state index < -0.39 is 36.4 Å². The second-order valence-corrected chi connectivity index (χ2v) is 10.9. The molecule has 218 valence electrons. The Morgan fingerprint density at radius 3 is 2.48 bits per heavy atom. The number of carboxylic acids is 1. The first-order valence-corrected chi connectivity index (χ1v) is 14.3. The molecule has 2 aliphatic rings. The number of para-hydroxylation sites is 1. The van der Waals surface area contributed by atoms with Gasteiger partial charge >= 0.3 is 11.9 Å². The zero-order chi connectivity index (χ0) is 29.5. The van der Waals surface area contributed by atoms with Crippen molar-refractivity contribution in [1.29, 1.82) is 0 Å².